The van der Waals surface area contributed by atoms with Gasteiger partial charge in [-0.05, 0) is 30.0 Å². The van der Waals surface area contributed by atoms with Crippen LogP contribution in [0.2, 0.25) is 5.02 Å². The minimum Gasteiger partial charge on any atom is -0.489 e. The Balaban J connectivity index is 2.05. The van der Waals surface area contributed by atoms with E-state index >= 15 is 0 Å². The highest BCUT2D eigenvalue weighted by Crippen LogP contribution is 2.38. The van der Waals surface area contributed by atoms with Gasteiger partial charge in [0.25, 0.3) is 0 Å². The van der Waals surface area contributed by atoms with E-state index in [2.05, 4.69) is 19.2 Å². The maximum Gasteiger partial charge on any atom is 0.223 e. The van der Waals surface area contributed by atoms with E-state index < -0.39 is 0 Å². The highest BCUT2D eigenvalue weighted by atomic mass is 35.5. The van der Waals surface area contributed by atoms with Gasteiger partial charge >= 0.3 is 0 Å². The number of benzene rings is 1. The summed E-state index contributed by atoms with van der Waals surface area (Å²) in [6.07, 6.45) is 1.47. The first-order valence-corrected chi connectivity index (χ1v) is 8.21. The molecular weight excluding hydrogens is 302 g/mol. The summed E-state index contributed by atoms with van der Waals surface area (Å²) in [7, 11) is 0. The minimum atomic E-state index is -0.112. The van der Waals surface area contributed by atoms with Gasteiger partial charge in [0.1, 0.15) is 0 Å². The van der Waals surface area contributed by atoms with Crippen LogP contribution in [0.5, 0.6) is 11.5 Å². The molecule has 1 aromatic rings. The predicted octanol–water partition coefficient (Wildman–Crippen LogP) is 3.45. The van der Waals surface area contributed by atoms with Gasteiger partial charge in [0.15, 0.2) is 11.5 Å². The van der Waals surface area contributed by atoms with Crippen LogP contribution >= 0.6 is 11.6 Å². The molecule has 1 atom stereocenters. The lowest BCUT2D eigenvalue weighted by atomic mass is 9.99. The molecule has 1 heterocycles. The van der Waals surface area contributed by atoms with Crippen molar-refractivity contribution in [2.45, 2.75) is 33.6 Å². The summed E-state index contributed by atoms with van der Waals surface area (Å²) < 4.78 is 11.3. The van der Waals surface area contributed by atoms with Gasteiger partial charge in [0.05, 0.1) is 18.2 Å². The molecule has 2 rings (SSSR count). The Labute approximate surface area is 137 Å². The smallest absolute Gasteiger partial charge is 0.223 e. The number of nitrogens with one attached hydrogen (secondary N) is 1. The van der Waals surface area contributed by atoms with Crippen molar-refractivity contribution in [1.29, 1.82) is 0 Å². The number of fused-ring (bicyclic) bond motifs is 1. The van der Waals surface area contributed by atoms with E-state index in [9.17, 15) is 4.79 Å². The van der Waals surface area contributed by atoms with Gasteiger partial charge in [-0.2, -0.15) is 0 Å². The Morgan fingerprint density at radius 2 is 2.00 bits per heavy atom. The highest BCUT2D eigenvalue weighted by Gasteiger charge is 2.19. The lowest BCUT2D eigenvalue weighted by molar-refractivity contribution is -0.124. The third-order valence-corrected chi connectivity index (χ3v) is 3.82. The second-order valence-corrected chi connectivity index (χ2v) is 6.61. The topological polar surface area (TPSA) is 47.6 Å². The average molecular weight is 326 g/mol. The summed E-state index contributed by atoms with van der Waals surface area (Å²) in [5.41, 5.74) is 0.987. The molecule has 0 saturated carbocycles. The fourth-order valence-electron chi connectivity index (χ4n) is 2.33. The van der Waals surface area contributed by atoms with E-state index in [1.54, 1.807) is 0 Å². The van der Waals surface area contributed by atoms with Crippen LogP contribution in [0.4, 0.5) is 0 Å². The zero-order valence-electron chi connectivity index (χ0n) is 13.4. The quantitative estimate of drug-likeness (QED) is 0.902. The van der Waals surface area contributed by atoms with Crippen LogP contribution in [0.15, 0.2) is 12.1 Å². The van der Waals surface area contributed by atoms with Crippen molar-refractivity contribution in [2.75, 3.05) is 19.8 Å². The van der Waals surface area contributed by atoms with Crippen molar-refractivity contribution in [2.24, 2.45) is 11.8 Å². The zero-order valence-corrected chi connectivity index (χ0v) is 14.2. The van der Waals surface area contributed by atoms with Gasteiger partial charge in [-0.3, -0.25) is 4.79 Å². The first kappa shape index (κ1) is 16.9. The number of carbonyl (C=O) groups is 1. The molecule has 1 aliphatic rings. The van der Waals surface area contributed by atoms with Crippen molar-refractivity contribution in [3.8, 4) is 11.5 Å². The number of amides is 1. The van der Waals surface area contributed by atoms with Crippen LogP contribution in [0, 0.1) is 11.8 Å². The molecule has 0 spiro atoms. The number of hydrogen-bond donors (Lipinski definition) is 1. The second kappa shape index (κ2) is 7.73. The standard InChI is InChI=1S/C17H24ClNO3/c1-11(2)10-19-17(20)12(3)7-13-8-14(18)16-15(9-13)21-5-4-6-22-16/h8-9,11-12H,4-7,10H2,1-3H3,(H,19,20). The van der Waals surface area contributed by atoms with Gasteiger partial charge < -0.3 is 14.8 Å². The van der Waals surface area contributed by atoms with Crippen LogP contribution in [0.25, 0.3) is 0 Å². The molecule has 0 bridgehead atoms. The Morgan fingerprint density at radius 3 is 2.73 bits per heavy atom. The first-order valence-electron chi connectivity index (χ1n) is 7.83. The van der Waals surface area contributed by atoms with Crippen LogP contribution in [-0.2, 0) is 11.2 Å². The van der Waals surface area contributed by atoms with E-state index in [1.807, 2.05) is 19.1 Å². The molecule has 0 radical (unpaired) electrons. The molecular formula is C17H24ClNO3. The van der Waals surface area contributed by atoms with E-state index in [0.717, 1.165) is 12.0 Å². The molecule has 1 aromatic carbocycles. The van der Waals surface area contributed by atoms with Gasteiger partial charge in [-0.1, -0.05) is 32.4 Å². The summed E-state index contributed by atoms with van der Waals surface area (Å²) >= 11 is 6.28. The second-order valence-electron chi connectivity index (χ2n) is 6.20. The van der Waals surface area contributed by atoms with Gasteiger partial charge in [0, 0.05) is 18.9 Å². The van der Waals surface area contributed by atoms with Crippen molar-refractivity contribution in [3.63, 3.8) is 0 Å². The van der Waals surface area contributed by atoms with Crippen LogP contribution in [0.1, 0.15) is 32.8 Å². The third-order valence-electron chi connectivity index (χ3n) is 3.54. The lowest BCUT2D eigenvalue weighted by Crippen LogP contribution is -2.32. The van der Waals surface area contributed by atoms with Gasteiger partial charge in [-0.15, -0.1) is 0 Å². The van der Waals surface area contributed by atoms with Crippen molar-refractivity contribution in [1.82, 2.24) is 5.32 Å². The number of rotatable bonds is 5. The van der Waals surface area contributed by atoms with E-state index in [-0.39, 0.29) is 11.8 Å². The Kier molecular flexibility index (Phi) is 5.95. The summed E-state index contributed by atoms with van der Waals surface area (Å²) in [5.74, 6) is 1.69. The molecule has 4 nitrogen and oxygen atoms in total. The maximum absolute atomic E-state index is 12.1. The zero-order chi connectivity index (χ0) is 16.1. The van der Waals surface area contributed by atoms with E-state index in [0.29, 0.717) is 48.6 Å². The summed E-state index contributed by atoms with van der Waals surface area (Å²) in [5, 5.41) is 3.51. The summed E-state index contributed by atoms with van der Waals surface area (Å²) in [6, 6.07) is 3.79. The van der Waals surface area contributed by atoms with Crippen LogP contribution < -0.4 is 14.8 Å². The highest BCUT2D eigenvalue weighted by molar-refractivity contribution is 6.32. The molecule has 0 fully saturated rings. The van der Waals surface area contributed by atoms with Crippen molar-refractivity contribution >= 4 is 17.5 Å². The maximum atomic E-state index is 12.1. The van der Waals surface area contributed by atoms with Crippen LogP contribution in [0.3, 0.4) is 0 Å². The first-order chi connectivity index (χ1) is 10.5. The molecule has 0 saturated heterocycles. The fraction of sp³-hybridized carbons (Fsp3) is 0.588. The molecule has 1 N–H and O–H groups in total. The van der Waals surface area contributed by atoms with Gasteiger partial charge in [-0.25, -0.2) is 0 Å². The number of hydrogen-bond acceptors (Lipinski definition) is 3. The average Bonchev–Trinajstić information content (AvgIpc) is 2.70. The molecule has 0 aliphatic carbocycles. The molecule has 122 valence electrons. The van der Waals surface area contributed by atoms with E-state index in [1.165, 1.54) is 0 Å². The molecule has 22 heavy (non-hydrogen) atoms. The summed E-state index contributed by atoms with van der Waals surface area (Å²) in [6.45, 7) is 8.01. The SMILES string of the molecule is CC(C)CNC(=O)C(C)Cc1cc(Cl)c2c(c1)OCCCO2. The fourth-order valence-corrected chi connectivity index (χ4v) is 2.62. The molecule has 1 aliphatic heterocycles. The number of halogens is 1. The molecule has 1 unspecified atom stereocenters. The third kappa shape index (κ3) is 4.54. The van der Waals surface area contributed by atoms with Gasteiger partial charge in [0.2, 0.25) is 5.91 Å². The number of carbonyl (C=O) groups excluding carboxylic acids is 1. The molecule has 1 amide bonds. The normalized spacial score (nSPS) is 15.3. The largest absolute Gasteiger partial charge is 0.489 e. The Bertz CT molecular complexity index is 531. The monoisotopic (exact) mass is 325 g/mol. The lowest BCUT2D eigenvalue weighted by Gasteiger charge is -2.15. The Hall–Kier alpha value is -1.42. The number of ether oxygens (including phenoxy) is 2. The molecule has 0 aromatic heterocycles. The molecule has 5 heteroatoms. The minimum absolute atomic E-state index is 0.0666. The predicted molar refractivity (Wildman–Crippen MR) is 87.8 cm³/mol. The van der Waals surface area contributed by atoms with Crippen molar-refractivity contribution < 1.29 is 14.3 Å². The summed E-state index contributed by atoms with van der Waals surface area (Å²) in [4.78, 5) is 12.1. The van der Waals surface area contributed by atoms with E-state index in [4.69, 9.17) is 21.1 Å². The van der Waals surface area contributed by atoms with Crippen molar-refractivity contribution in [3.05, 3.63) is 22.7 Å². The Morgan fingerprint density at radius 1 is 1.27 bits per heavy atom. The van der Waals surface area contributed by atoms with Crippen LogP contribution in [-0.4, -0.2) is 25.7 Å².